The van der Waals surface area contributed by atoms with E-state index in [1.165, 1.54) is 57.8 Å². The van der Waals surface area contributed by atoms with Gasteiger partial charge >= 0.3 is 0 Å². The van der Waals surface area contributed by atoms with E-state index in [1.807, 2.05) is 6.92 Å². The van der Waals surface area contributed by atoms with Crippen LogP contribution >= 0.6 is 0 Å². The predicted octanol–water partition coefficient (Wildman–Crippen LogP) is 5.78. The minimum Gasteiger partial charge on any atom is -0.314 e. The molecule has 0 amide bonds. The first-order valence-corrected chi connectivity index (χ1v) is 9.06. The Labute approximate surface area is 126 Å². The average molecular weight is 285 g/mol. The molecule has 1 aliphatic heterocycles. The normalized spacial score (nSPS) is 22.6. The molecule has 1 aliphatic rings. The average Bonchev–Trinajstić information content (AvgIpc) is 2.42. The van der Waals surface area contributed by atoms with Crippen molar-refractivity contribution in [2.24, 2.45) is 0 Å². The quantitative estimate of drug-likeness (QED) is 0.475. The maximum atomic E-state index is 14.5. The molecule has 0 aromatic heterocycles. The molecule has 2 unspecified atom stereocenters. The van der Waals surface area contributed by atoms with Crippen LogP contribution in [0.1, 0.15) is 97.3 Å². The van der Waals surface area contributed by atoms with E-state index >= 15 is 0 Å². The fourth-order valence-corrected chi connectivity index (χ4v) is 3.34. The molecule has 1 heterocycles. The van der Waals surface area contributed by atoms with Gasteiger partial charge in [-0.15, -0.1) is 0 Å². The number of nitrogens with one attached hydrogen (secondary N) is 1. The van der Waals surface area contributed by atoms with Crippen LogP contribution in [0, 0.1) is 0 Å². The second-order valence-electron chi connectivity index (χ2n) is 6.99. The van der Waals surface area contributed by atoms with Crippen LogP contribution < -0.4 is 5.32 Å². The summed E-state index contributed by atoms with van der Waals surface area (Å²) in [6, 6.07) is 0.424. The number of hydrogen-bond acceptors (Lipinski definition) is 1. The van der Waals surface area contributed by atoms with Crippen LogP contribution in [-0.2, 0) is 0 Å². The first kappa shape index (κ1) is 17.9. The van der Waals surface area contributed by atoms with Crippen molar-refractivity contribution in [1.82, 2.24) is 5.32 Å². The zero-order valence-corrected chi connectivity index (χ0v) is 13.9. The topological polar surface area (TPSA) is 12.0 Å². The molecule has 0 spiro atoms. The van der Waals surface area contributed by atoms with E-state index in [9.17, 15) is 4.39 Å². The summed E-state index contributed by atoms with van der Waals surface area (Å²) in [7, 11) is 0. The van der Waals surface area contributed by atoms with Crippen molar-refractivity contribution < 1.29 is 4.39 Å². The zero-order valence-electron chi connectivity index (χ0n) is 13.9. The number of rotatable bonds is 11. The SMILES string of the molecule is CCCCCCCCCCC(C)(F)CC1CCCCN1. The first-order valence-electron chi connectivity index (χ1n) is 9.06. The van der Waals surface area contributed by atoms with Crippen molar-refractivity contribution in [3.8, 4) is 0 Å². The number of hydrogen-bond donors (Lipinski definition) is 1. The van der Waals surface area contributed by atoms with Crippen molar-refractivity contribution in [2.45, 2.75) is 109 Å². The molecule has 0 aromatic carbocycles. The van der Waals surface area contributed by atoms with E-state index in [2.05, 4.69) is 12.2 Å². The summed E-state index contributed by atoms with van der Waals surface area (Å²) in [5.41, 5.74) is -0.961. The monoisotopic (exact) mass is 285 g/mol. The second-order valence-corrected chi connectivity index (χ2v) is 6.99. The van der Waals surface area contributed by atoms with Gasteiger partial charge in [-0.1, -0.05) is 64.7 Å². The van der Waals surface area contributed by atoms with Gasteiger partial charge in [0.1, 0.15) is 5.67 Å². The molecule has 1 saturated heterocycles. The number of halogens is 1. The summed E-state index contributed by atoms with van der Waals surface area (Å²) in [4.78, 5) is 0. The fourth-order valence-electron chi connectivity index (χ4n) is 3.34. The Hall–Kier alpha value is -0.110. The van der Waals surface area contributed by atoms with E-state index in [4.69, 9.17) is 0 Å². The third-order valence-corrected chi connectivity index (χ3v) is 4.64. The molecule has 120 valence electrons. The molecule has 0 aliphatic carbocycles. The Morgan fingerprint density at radius 1 is 1.00 bits per heavy atom. The van der Waals surface area contributed by atoms with Crippen molar-refractivity contribution in [2.75, 3.05) is 6.54 Å². The third kappa shape index (κ3) is 8.94. The largest absolute Gasteiger partial charge is 0.314 e. The van der Waals surface area contributed by atoms with Crippen LogP contribution in [0.15, 0.2) is 0 Å². The molecular formula is C18H36FN. The van der Waals surface area contributed by atoms with Crippen molar-refractivity contribution in [3.63, 3.8) is 0 Å². The molecule has 0 aromatic rings. The molecule has 1 N–H and O–H groups in total. The minimum absolute atomic E-state index is 0.424. The number of piperidine rings is 1. The molecular weight excluding hydrogens is 249 g/mol. The molecule has 2 heteroatoms. The lowest BCUT2D eigenvalue weighted by Crippen LogP contribution is -2.39. The molecule has 2 atom stereocenters. The summed E-state index contributed by atoms with van der Waals surface area (Å²) in [5, 5.41) is 3.47. The highest BCUT2D eigenvalue weighted by Gasteiger charge is 2.27. The van der Waals surface area contributed by atoms with E-state index in [-0.39, 0.29) is 0 Å². The van der Waals surface area contributed by atoms with Crippen LogP contribution in [0.3, 0.4) is 0 Å². The van der Waals surface area contributed by atoms with Gasteiger partial charge in [0.25, 0.3) is 0 Å². The molecule has 20 heavy (non-hydrogen) atoms. The van der Waals surface area contributed by atoms with E-state index in [0.717, 1.165) is 25.8 Å². The Kier molecular flexibility index (Phi) is 9.50. The van der Waals surface area contributed by atoms with Crippen molar-refractivity contribution in [3.05, 3.63) is 0 Å². The van der Waals surface area contributed by atoms with Gasteiger partial charge in [-0.3, -0.25) is 0 Å². The van der Waals surface area contributed by atoms with E-state index in [1.54, 1.807) is 0 Å². The molecule has 0 bridgehead atoms. The maximum absolute atomic E-state index is 14.5. The highest BCUT2D eigenvalue weighted by atomic mass is 19.1. The van der Waals surface area contributed by atoms with Crippen LogP contribution in [0.5, 0.6) is 0 Å². The van der Waals surface area contributed by atoms with Gasteiger partial charge in [-0.25, -0.2) is 4.39 Å². The van der Waals surface area contributed by atoms with E-state index in [0.29, 0.717) is 12.5 Å². The highest BCUT2D eigenvalue weighted by molar-refractivity contribution is 4.83. The lowest BCUT2D eigenvalue weighted by atomic mass is 9.89. The van der Waals surface area contributed by atoms with Crippen LogP contribution in [0.4, 0.5) is 4.39 Å². The second kappa shape index (κ2) is 10.6. The Morgan fingerprint density at radius 3 is 2.25 bits per heavy atom. The summed E-state index contributed by atoms with van der Waals surface area (Å²) in [6.07, 6.45) is 15.5. The minimum atomic E-state index is -0.961. The van der Waals surface area contributed by atoms with Gasteiger partial charge in [0.05, 0.1) is 0 Å². The van der Waals surface area contributed by atoms with Crippen LogP contribution in [0.25, 0.3) is 0 Å². The number of alkyl halides is 1. The Bertz CT molecular complexity index is 221. The maximum Gasteiger partial charge on any atom is 0.109 e. The Morgan fingerprint density at radius 2 is 1.65 bits per heavy atom. The van der Waals surface area contributed by atoms with E-state index < -0.39 is 5.67 Å². The van der Waals surface area contributed by atoms with Crippen LogP contribution in [-0.4, -0.2) is 18.3 Å². The standard InChI is InChI=1S/C18H36FN/c1-3-4-5-6-7-8-9-11-14-18(2,19)16-17-13-10-12-15-20-17/h17,20H,3-16H2,1-2H3. The molecule has 1 nitrogen and oxygen atoms in total. The van der Waals surface area contributed by atoms with Gasteiger partial charge in [0, 0.05) is 6.04 Å². The highest BCUT2D eigenvalue weighted by Crippen LogP contribution is 2.27. The molecule has 1 rings (SSSR count). The summed E-state index contributed by atoms with van der Waals surface area (Å²) < 4.78 is 14.5. The van der Waals surface area contributed by atoms with Gasteiger partial charge in [-0.05, 0) is 39.2 Å². The first-order chi connectivity index (χ1) is 9.64. The van der Waals surface area contributed by atoms with Crippen molar-refractivity contribution in [1.29, 1.82) is 0 Å². The Balaban J connectivity index is 1.98. The van der Waals surface area contributed by atoms with Gasteiger partial charge in [0.2, 0.25) is 0 Å². The predicted molar refractivity (Wildman–Crippen MR) is 87.0 cm³/mol. The summed E-state index contributed by atoms with van der Waals surface area (Å²) in [6.45, 7) is 5.15. The summed E-state index contributed by atoms with van der Waals surface area (Å²) >= 11 is 0. The number of unbranched alkanes of at least 4 members (excludes halogenated alkanes) is 7. The fraction of sp³-hybridized carbons (Fsp3) is 1.00. The van der Waals surface area contributed by atoms with Crippen LogP contribution in [0.2, 0.25) is 0 Å². The third-order valence-electron chi connectivity index (χ3n) is 4.64. The molecule has 0 radical (unpaired) electrons. The smallest absolute Gasteiger partial charge is 0.109 e. The van der Waals surface area contributed by atoms with Gasteiger partial charge in [0.15, 0.2) is 0 Å². The van der Waals surface area contributed by atoms with Crippen molar-refractivity contribution >= 4 is 0 Å². The lowest BCUT2D eigenvalue weighted by Gasteiger charge is -2.30. The lowest BCUT2D eigenvalue weighted by molar-refractivity contribution is 0.130. The van der Waals surface area contributed by atoms with Gasteiger partial charge < -0.3 is 5.32 Å². The van der Waals surface area contributed by atoms with Gasteiger partial charge in [-0.2, -0.15) is 0 Å². The molecule has 0 saturated carbocycles. The summed E-state index contributed by atoms with van der Waals surface area (Å²) in [5.74, 6) is 0. The zero-order chi connectivity index (χ0) is 14.7. The molecule has 1 fully saturated rings.